The maximum Gasteiger partial charge on any atom is 0.267 e. The molecule has 0 radical (unpaired) electrons. The van der Waals surface area contributed by atoms with Gasteiger partial charge in [0.1, 0.15) is 17.0 Å². The SMILES string of the molecule is C=CC(O)(C#Cc1cccc(-c2nc(C(N)=O)cc(-c3ccn(C)n3)n2)c1)CCN(C=O)CC. The molecule has 1 aromatic carbocycles. The highest BCUT2D eigenvalue weighted by Crippen LogP contribution is 2.22. The fraction of sp³-hybridized carbons (Fsp3) is 0.240. The highest BCUT2D eigenvalue weighted by atomic mass is 16.3. The standard InChI is InChI=1S/C25H26N6O3/c1-4-25(34,12-14-31(5-2)17-32)11-9-18-7-6-8-19(15-18)24-27-21(16-22(28-24)23(26)33)20-10-13-30(3)29-20/h4,6-8,10,13,15-17,34H,1,5,12,14H2,2-3H3,(H2,26,33). The van der Waals surface area contributed by atoms with Crippen LogP contribution in [0.1, 0.15) is 29.4 Å². The number of aromatic nitrogens is 4. The Labute approximate surface area is 197 Å². The average Bonchev–Trinajstić information content (AvgIpc) is 3.29. The molecule has 0 fully saturated rings. The maximum absolute atomic E-state index is 11.9. The third-order valence-electron chi connectivity index (χ3n) is 5.17. The lowest BCUT2D eigenvalue weighted by Gasteiger charge is -2.21. The zero-order valence-corrected chi connectivity index (χ0v) is 19.1. The van der Waals surface area contributed by atoms with Gasteiger partial charge < -0.3 is 15.7 Å². The maximum atomic E-state index is 11.9. The third kappa shape index (κ3) is 5.94. The first-order valence-corrected chi connectivity index (χ1v) is 10.6. The van der Waals surface area contributed by atoms with Crippen molar-refractivity contribution < 1.29 is 14.7 Å². The highest BCUT2D eigenvalue weighted by molar-refractivity contribution is 5.92. The molecule has 9 heteroatoms. The van der Waals surface area contributed by atoms with Gasteiger partial charge in [-0.2, -0.15) is 5.10 Å². The van der Waals surface area contributed by atoms with E-state index in [-0.39, 0.29) is 12.1 Å². The van der Waals surface area contributed by atoms with Crippen molar-refractivity contribution in [1.29, 1.82) is 0 Å². The summed E-state index contributed by atoms with van der Waals surface area (Å²) < 4.78 is 1.63. The van der Waals surface area contributed by atoms with Crippen LogP contribution in [0, 0.1) is 11.8 Å². The third-order valence-corrected chi connectivity index (χ3v) is 5.17. The molecule has 0 saturated heterocycles. The molecule has 3 N–H and O–H groups in total. The molecular weight excluding hydrogens is 432 g/mol. The number of nitrogens with zero attached hydrogens (tertiary/aromatic N) is 5. The van der Waals surface area contributed by atoms with Gasteiger partial charge in [0.25, 0.3) is 5.91 Å². The summed E-state index contributed by atoms with van der Waals surface area (Å²) in [6.45, 7) is 6.42. The summed E-state index contributed by atoms with van der Waals surface area (Å²) in [6.07, 6.45) is 4.10. The van der Waals surface area contributed by atoms with E-state index in [1.807, 2.05) is 6.92 Å². The molecule has 174 valence electrons. The van der Waals surface area contributed by atoms with Crippen molar-refractivity contribution in [2.75, 3.05) is 13.1 Å². The van der Waals surface area contributed by atoms with Crippen LogP contribution in [0.2, 0.25) is 0 Å². The number of aliphatic hydroxyl groups is 1. The Bertz CT molecular complexity index is 1270. The molecule has 1 unspecified atom stereocenters. The average molecular weight is 459 g/mol. The molecule has 2 heterocycles. The summed E-state index contributed by atoms with van der Waals surface area (Å²) in [6, 6.07) is 10.4. The van der Waals surface area contributed by atoms with Gasteiger partial charge in [0.05, 0.1) is 5.69 Å². The number of aryl methyl sites for hydroxylation is 1. The van der Waals surface area contributed by atoms with Gasteiger partial charge in [-0.1, -0.05) is 30.6 Å². The highest BCUT2D eigenvalue weighted by Gasteiger charge is 2.20. The van der Waals surface area contributed by atoms with Crippen molar-refractivity contribution in [2.45, 2.75) is 18.9 Å². The van der Waals surface area contributed by atoms with Crippen molar-refractivity contribution in [3.63, 3.8) is 0 Å². The van der Waals surface area contributed by atoms with Crippen molar-refractivity contribution >= 4 is 12.3 Å². The number of rotatable bonds is 9. The van der Waals surface area contributed by atoms with Gasteiger partial charge in [-0.3, -0.25) is 14.3 Å². The molecule has 0 bridgehead atoms. The Kier molecular flexibility index (Phi) is 7.56. The van der Waals surface area contributed by atoms with E-state index in [0.717, 1.165) is 6.41 Å². The van der Waals surface area contributed by atoms with Gasteiger partial charge in [0.15, 0.2) is 5.82 Å². The van der Waals surface area contributed by atoms with E-state index in [4.69, 9.17) is 5.73 Å². The van der Waals surface area contributed by atoms with Crippen LogP contribution in [0.5, 0.6) is 0 Å². The smallest absolute Gasteiger partial charge is 0.267 e. The molecule has 0 aliphatic carbocycles. The fourth-order valence-electron chi connectivity index (χ4n) is 3.12. The molecule has 9 nitrogen and oxygen atoms in total. The lowest BCUT2D eigenvalue weighted by molar-refractivity contribution is -0.118. The number of hydrogen-bond acceptors (Lipinski definition) is 6. The molecule has 2 aromatic heterocycles. The molecule has 34 heavy (non-hydrogen) atoms. The van der Waals surface area contributed by atoms with Crippen molar-refractivity contribution in [3.8, 4) is 34.6 Å². The van der Waals surface area contributed by atoms with Crippen LogP contribution < -0.4 is 5.73 Å². The minimum atomic E-state index is -1.46. The van der Waals surface area contributed by atoms with Crippen LogP contribution >= 0.6 is 0 Å². The zero-order valence-electron chi connectivity index (χ0n) is 19.1. The normalized spacial score (nSPS) is 12.2. The summed E-state index contributed by atoms with van der Waals surface area (Å²) in [4.78, 5) is 33.3. The first-order valence-electron chi connectivity index (χ1n) is 10.6. The Morgan fingerprint density at radius 1 is 1.29 bits per heavy atom. The van der Waals surface area contributed by atoms with E-state index >= 15 is 0 Å². The predicted octanol–water partition coefficient (Wildman–Crippen LogP) is 1.78. The number of benzene rings is 1. The van der Waals surface area contributed by atoms with E-state index < -0.39 is 11.5 Å². The summed E-state index contributed by atoms with van der Waals surface area (Å²) in [7, 11) is 1.78. The van der Waals surface area contributed by atoms with Crippen LogP contribution in [0.4, 0.5) is 0 Å². The fourth-order valence-corrected chi connectivity index (χ4v) is 3.12. The predicted molar refractivity (Wildman–Crippen MR) is 128 cm³/mol. The molecule has 3 aromatic rings. The van der Waals surface area contributed by atoms with Crippen LogP contribution in [-0.2, 0) is 11.8 Å². The Hall–Kier alpha value is -4.29. The lowest BCUT2D eigenvalue weighted by atomic mass is 9.99. The molecular formula is C25H26N6O3. The van der Waals surface area contributed by atoms with Gasteiger partial charge in [0, 0.05) is 43.9 Å². The van der Waals surface area contributed by atoms with Gasteiger partial charge in [0.2, 0.25) is 6.41 Å². The van der Waals surface area contributed by atoms with Crippen LogP contribution in [-0.4, -0.2) is 60.8 Å². The number of nitrogens with two attached hydrogens (primary N) is 1. The topological polar surface area (TPSA) is 127 Å². The molecule has 0 aliphatic heterocycles. The number of carbonyl (C=O) groups excluding carboxylic acids is 2. The van der Waals surface area contributed by atoms with E-state index in [2.05, 4.69) is 33.5 Å². The summed E-state index contributed by atoms with van der Waals surface area (Å²) in [5, 5.41) is 15.1. The second kappa shape index (κ2) is 10.6. The molecule has 1 atom stereocenters. The van der Waals surface area contributed by atoms with Gasteiger partial charge in [-0.15, -0.1) is 0 Å². The van der Waals surface area contributed by atoms with E-state index in [0.29, 0.717) is 41.4 Å². The van der Waals surface area contributed by atoms with Crippen molar-refractivity contribution in [2.24, 2.45) is 12.8 Å². The summed E-state index contributed by atoms with van der Waals surface area (Å²) >= 11 is 0. The minimum absolute atomic E-state index is 0.0684. The van der Waals surface area contributed by atoms with E-state index in [1.54, 1.807) is 53.2 Å². The van der Waals surface area contributed by atoms with E-state index in [1.165, 1.54) is 12.1 Å². The van der Waals surface area contributed by atoms with Crippen LogP contribution in [0.3, 0.4) is 0 Å². The Morgan fingerprint density at radius 2 is 2.09 bits per heavy atom. The Morgan fingerprint density at radius 3 is 2.71 bits per heavy atom. The number of carbonyl (C=O) groups is 2. The summed E-state index contributed by atoms with van der Waals surface area (Å²) in [5.41, 5.74) is 6.36. The second-order valence-electron chi connectivity index (χ2n) is 7.64. The minimum Gasteiger partial charge on any atom is -0.374 e. The molecule has 0 aliphatic rings. The van der Waals surface area contributed by atoms with Crippen molar-refractivity contribution in [3.05, 3.63) is 66.5 Å². The van der Waals surface area contributed by atoms with Crippen molar-refractivity contribution in [1.82, 2.24) is 24.6 Å². The van der Waals surface area contributed by atoms with E-state index in [9.17, 15) is 14.7 Å². The summed E-state index contributed by atoms with van der Waals surface area (Å²) in [5.74, 6) is 5.40. The van der Waals surface area contributed by atoms with Crippen LogP contribution in [0.15, 0.2) is 55.3 Å². The molecule has 0 spiro atoms. The number of amides is 2. The quantitative estimate of drug-likeness (QED) is 0.286. The Balaban J connectivity index is 1.94. The molecule has 3 rings (SSSR count). The molecule has 2 amide bonds. The van der Waals surface area contributed by atoms with Crippen LogP contribution in [0.25, 0.3) is 22.8 Å². The lowest BCUT2D eigenvalue weighted by Crippen LogP contribution is -2.32. The first-order chi connectivity index (χ1) is 16.3. The first kappa shape index (κ1) is 24.4. The largest absolute Gasteiger partial charge is 0.374 e. The zero-order chi connectivity index (χ0) is 24.7. The second-order valence-corrected chi connectivity index (χ2v) is 7.64. The van der Waals surface area contributed by atoms with Gasteiger partial charge >= 0.3 is 0 Å². The number of primary amides is 1. The monoisotopic (exact) mass is 458 g/mol. The van der Waals surface area contributed by atoms with Gasteiger partial charge in [-0.05, 0) is 37.3 Å². The number of hydrogen-bond donors (Lipinski definition) is 2. The van der Waals surface area contributed by atoms with Gasteiger partial charge in [-0.25, -0.2) is 9.97 Å². The molecule has 0 saturated carbocycles.